The summed E-state index contributed by atoms with van der Waals surface area (Å²) in [6, 6.07) is 12.4. The molecule has 0 saturated carbocycles. The smallest absolute Gasteiger partial charge is 0.416 e. The number of nitrogens with zero attached hydrogens (tertiary/aromatic N) is 4. The van der Waals surface area contributed by atoms with Gasteiger partial charge in [-0.3, -0.25) is 14.6 Å². The Kier molecular flexibility index (Phi) is 6.75. The summed E-state index contributed by atoms with van der Waals surface area (Å²) in [6.07, 6.45) is -2.60. The van der Waals surface area contributed by atoms with Crippen LogP contribution in [0.25, 0.3) is 11.0 Å². The number of Topliss-reactive ketones (excluding diaryl/α,β-unsaturated/α-hetero) is 1. The van der Waals surface area contributed by atoms with Gasteiger partial charge in [-0.1, -0.05) is 0 Å². The molecule has 0 aliphatic carbocycles. The second kappa shape index (κ2) is 10.0. The number of rotatable bonds is 7. The number of ether oxygens (including phenoxy) is 1. The number of halogens is 3. The predicted octanol–water partition coefficient (Wildman–Crippen LogP) is 5.60. The standard InChI is InChI=1S/C28H26F3N5O3/c1-16(37)8-20-13-23(6-7-32-20)39-22-4-5-24-25(14-22)36(3)27(34-24)33-21-10-17(9-19(12-21)28(29,30)31)18-11-26(38)35(2)15-18/h4-7,9-10,12-14,18H,8,11,15H2,1-3H3,(H,33,34)/t18-/m0/s1. The minimum atomic E-state index is -4.54. The molecule has 1 fully saturated rings. The fourth-order valence-electron chi connectivity index (χ4n) is 4.69. The van der Waals surface area contributed by atoms with Gasteiger partial charge in [-0.05, 0) is 48.9 Å². The van der Waals surface area contributed by atoms with Crippen LogP contribution in [0.5, 0.6) is 11.5 Å². The predicted molar refractivity (Wildman–Crippen MR) is 139 cm³/mol. The van der Waals surface area contributed by atoms with Crippen LogP contribution in [0.3, 0.4) is 0 Å². The molecule has 11 heteroatoms. The van der Waals surface area contributed by atoms with Gasteiger partial charge in [0.05, 0.1) is 22.3 Å². The van der Waals surface area contributed by atoms with E-state index in [-0.39, 0.29) is 36.1 Å². The molecule has 2 aromatic carbocycles. The van der Waals surface area contributed by atoms with Crippen LogP contribution in [0.15, 0.2) is 54.7 Å². The first-order chi connectivity index (χ1) is 18.5. The maximum atomic E-state index is 13.7. The molecule has 202 valence electrons. The SMILES string of the molecule is CC(=O)Cc1cc(Oc2ccc3nc(Nc4cc([C@H]5CC(=O)N(C)C5)cc(C(F)(F)F)c4)n(C)c3c2)ccn1. The number of carbonyl (C=O) groups excluding carboxylic acids is 2. The van der Waals surface area contributed by atoms with Gasteiger partial charge in [0.1, 0.15) is 17.3 Å². The number of alkyl halides is 3. The molecule has 1 saturated heterocycles. The fourth-order valence-corrected chi connectivity index (χ4v) is 4.69. The van der Waals surface area contributed by atoms with Gasteiger partial charge in [-0.15, -0.1) is 0 Å². The molecule has 1 N–H and O–H groups in total. The maximum Gasteiger partial charge on any atom is 0.416 e. The number of aromatic nitrogens is 3. The van der Waals surface area contributed by atoms with E-state index in [0.717, 1.165) is 12.1 Å². The van der Waals surface area contributed by atoms with Crippen LogP contribution in [0.1, 0.15) is 36.1 Å². The van der Waals surface area contributed by atoms with E-state index in [4.69, 9.17) is 4.74 Å². The molecule has 5 rings (SSSR count). The Morgan fingerprint density at radius 1 is 1.10 bits per heavy atom. The molecular formula is C28H26F3N5O3. The summed E-state index contributed by atoms with van der Waals surface area (Å²) in [4.78, 5) is 33.7. The van der Waals surface area contributed by atoms with Crippen molar-refractivity contribution in [3.63, 3.8) is 0 Å². The van der Waals surface area contributed by atoms with Crippen molar-refractivity contribution in [2.75, 3.05) is 18.9 Å². The molecule has 39 heavy (non-hydrogen) atoms. The number of likely N-dealkylation sites (N-methyl/N-ethyl adjacent to an activating group) is 1. The summed E-state index contributed by atoms with van der Waals surface area (Å²) in [5, 5.41) is 3.03. The molecule has 1 aliphatic heterocycles. The van der Waals surface area contributed by atoms with E-state index in [2.05, 4.69) is 15.3 Å². The first kappa shape index (κ1) is 26.2. The van der Waals surface area contributed by atoms with Crippen molar-refractivity contribution in [2.24, 2.45) is 7.05 Å². The van der Waals surface area contributed by atoms with Crippen molar-refractivity contribution < 1.29 is 27.5 Å². The Morgan fingerprint density at radius 2 is 1.87 bits per heavy atom. The number of carbonyl (C=O) groups is 2. The number of pyridine rings is 1. The molecule has 1 amide bonds. The highest BCUT2D eigenvalue weighted by atomic mass is 19.4. The van der Waals surface area contributed by atoms with Crippen LogP contribution in [-0.4, -0.2) is 44.7 Å². The van der Waals surface area contributed by atoms with E-state index >= 15 is 0 Å². The van der Waals surface area contributed by atoms with Gasteiger partial charge in [0, 0.05) is 63.4 Å². The number of likely N-dealkylation sites (tertiary alicyclic amines) is 1. The van der Waals surface area contributed by atoms with Crippen LogP contribution < -0.4 is 10.1 Å². The van der Waals surface area contributed by atoms with E-state index in [1.54, 1.807) is 61.3 Å². The van der Waals surface area contributed by atoms with E-state index in [1.165, 1.54) is 11.8 Å². The number of imidazole rings is 1. The van der Waals surface area contributed by atoms with Crippen LogP contribution >= 0.6 is 0 Å². The summed E-state index contributed by atoms with van der Waals surface area (Å²) in [7, 11) is 3.39. The molecular weight excluding hydrogens is 511 g/mol. The van der Waals surface area contributed by atoms with Crippen LogP contribution in [0.4, 0.5) is 24.8 Å². The van der Waals surface area contributed by atoms with Crippen molar-refractivity contribution in [3.8, 4) is 11.5 Å². The Morgan fingerprint density at radius 3 is 2.56 bits per heavy atom. The van der Waals surface area contributed by atoms with Gasteiger partial charge >= 0.3 is 6.18 Å². The summed E-state index contributed by atoms with van der Waals surface area (Å²) >= 11 is 0. The highest BCUT2D eigenvalue weighted by Gasteiger charge is 2.34. The molecule has 0 radical (unpaired) electrons. The molecule has 1 aliphatic rings. The van der Waals surface area contributed by atoms with E-state index in [1.807, 2.05) is 0 Å². The van der Waals surface area contributed by atoms with Crippen molar-refractivity contribution >= 4 is 34.4 Å². The van der Waals surface area contributed by atoms with Crippen LogP contribution in [0.2, 0.25) is 0 Å². The lowest BCUT2D eigenvalue weighted by Crippen LogP contribution is -2.18. The average Bonchev–Trinajstić information content (AvgIpc) is 3.36. The minimum absolute atomic E-state index is 0.00654. The lowest BCUT2D eigenvalue weighted by Gasteiger charge is -2.17. The maximum absolute atomic E-state index is 13.7. The minimum Gasteiger partial charge on any atom is -0.457 e. The highest BCUT2D eigenvalue weighted by Crippen LogP contribution is 2.37. The topological polar surface area (TPSA) is 89.3 Å². The zero-order valence-corrected chi connectivity index (χ0v) is 21.5. The van der Waals surface area contributed by atoms with Gasteiger partial charge in [-0.2, -0.15) is 13.2 Å². The third-order valence-corrected chi connectivity index (χ3v) is 6.66. The summed E-state index contributed by atoms with van der Waals surface area (Å²) < 4.78 is 48.9. The monoisotopic (exact) mass is 537 g/mol. The quantitative estimate of drug-likeness (QED) is 0.330. The summed E-state index contributed by atoms with van der Waals surface area (Å²) in [6.45, 7) is 1.86. The molecule has 1 atom stereocenters. The van der Waals surface area contributed by atoms with Crippen molar-refractivity contribution in [1.29, 1.82) is 0 Å². The Labute approximate surface area is 222 Å². The molecule has 0 unspecified atom stereocenters. The number of hydrogen-bond donors (Lipinski definition) is 1. The molecule has 3 heterocycles. The normalized spacial score (nSPS) is 15.7. The second-order valence-electron chi connectivity index (χ2n) is 9.75. The largest absolute Gasteiger partial charge is 0.457 e. The van der Waals surface area contributed by atoms with E-state index < -0.39 is 11.7 Å². The number of benzene rings is 2. The highest BCUT2D eigenvalue weighted by molar-refractivity contribution is 5.82. The van der Waals surface area contributed by atoms with Crippen LogP contribution in [-0.2, 0) is 29.2 Å². The number of fused-ring (bicyclic) bond motifs is 1. The Hall–Kier alpha value is -4.41. The number of aryl methyl sites for hydroxylation is 1. The molecule has 0 spiro atoms. The number of ketones is 1. The third kappa shape index (κ3) is 5.71. The van der Waals surface area contributed by atoms with Crippen LogP contribution in [0, 0.1) is 0 Å². The van der Waals surface area contributed by atoms with Gasteiger partial charge in [-0.25, -0.2) is 4.98 Å². The van der Waals surface area contributed by atoms with E-state index in [0.29, 0.717) is 46.3 Å². The van der Waals surface area contributed by atoms with E-state index in [9.17, 15) is 22.8 Å². The fraction of sp³-hybridized carbons (Fsp3) is 0.286. The zero-order valence-electron chi connectivity index (χ0n) is 21.5. The number of hydrogen-bond acceptors (Lipinski definition) is 6. The lowest BCUT2D eigenvalue weighted by atomic mass is 9.95. The summed E-state index contributed by atoms with van der Waals surface area (Å²) in [5.74, 6) is 0.964. The first-order valence-electron chi connectivity index (χ1n) is 12.3. The number of nitrogens with one attached hydrogen (secondary N) is 1. The molecule has 4 aromatic rings. The van der Waals surface area contributed by atoms with Gasteiger partial charge in [0.15, 0.2) is 0 Å². The first-order valence-corrected chi connectivity index (χ1v) is 12.3. The second-order valence-corrected chi connectivity index (χ2v) is 9.75. The van der Waals surface area contributed by atoms with Gasteiger partial charge in [0.2, 0.25) is 11.9 Å². The average molecular weight is 538 g/mol. The van der Waals surface area contributed by atoms with Gasteiger partial charge in [0.25, 0.3) is 0 Å². The lowest BCUT2D eigenvalue weighted by molar-refractivity contribution is -0.137. The molecule has 8 nitrogen and oxygen atoms in total. The molecule has 2 aromatic heterocycles. The summed E-state index contributed by atoms with van der Waals surface area (Å²) in [5.41, 5.74) is 1.80. The van der Waals surface area contributed by atoms with Crippen molar-refractivity contribution in [3.05, 3.63) is 71.5 Å². The zero-order chi connectivity index (χ0) is 27.9. The number of amides is 1. The molecule has 0 bridgehead atoms. The Bertz CT molecular complexity index is 1580. The third-order valence-electron chi connectivity index (χ3n) is 6.66. The van der Waals surface area contributed by atoms with Crippen molar-refractivity contribution in [1.82, 2.24) is 19.4 Å². The van der Waals surface area contributed by atoms with Gasteiger partial charge < -0.3 is 19.5 Å². The number of anilines is 2. The van der Waals surface area contributed by atoms with Crippen molar-refractivity contribution in [2.45, 2.75) is 31.9 Å². The Balaban J connectivity index is 1.43.